The van der Waals surface area contributed by atoms with Gasteiger partial charge in [-0.1, -0.05) is 0 Å². The Morgan fingerprint density at radius 2 is 2.33 bits per heavy atom. The Labute approximate surface area is 55.5 Å². The maximum atomic E-state index is 10.6. The number of aliphatic hydroxyl groups excluding tert-OH is 1. The van der Waals surface area contributed by atoms with Gasteiger partial charge < -0.3 is 5.11 Å². The van der Waals surface area contributed by atoms with Crippen LogP contribution in [0.15, 0.2) is 0 Å². The van der Waals surface area contributed by atoms with Crippen molar-refractivity contribution in [2.75, 3.05) is 11.5 Å². The van der Waals surface area contributed by atoms with Gasteiger partial charge in [-0.15, -0.1) is 0 Å². The molecular formula is C5H8O3S. The third-order valence-corrected chi connectivity index (χ3v) is 2.64. The van der Waals surface area contributed by atoms with Gasteiger partial charge in [-0.3, -0.25) is 9.00 Å². The first-order valence-electron chi connectivity index (χ1n) is 2.76. The Hall–Kier alpha value is -0.220. The zero-order valence-corrected chi connectivity index (χ0v) is 5.69. The van der Waals surface area contributed by atoms with Crippen LogP contribution in [-0.4, -0.2) is 32.7 Å². The van der Waals surface area contributed by atoms with Gasteiger partial charge in [-0.05, 0) is 0 Å². The molecule has 0 bridgehead atoms. The van der Waals surface area contributed by atoms with Crippen LogP contribution in [0.2, 0.25) is 0 Å². The summed E-state index contributed by atoms with van der Waals surface area (Å²) < 4.78 is 10.6. The van der Waals surface area contributed by atoms with Crippen LogP contribution in [0.1, 0.15) is 6.42 Å². The monoisotopic (exact) mass is 148 g/mol. The third kappa shape index (κ3) is 1.59. The van der Waals surface area contributed by atoms with Crippen molar-refractivity contribution in [2.45, 2.75) is 12.5 Å². The molecule has 0 amide bonds. The average Bonchev–Trinajstić information content (AvgIpc) is 1.80. The van der Waals surface area contributed by atoms with Gasteiger partial charge in [0.25, 0.3) is 0 Å². The molecule has 0 aliphatic carbocycles. The lowest BCUT2D eigenvalue weighted by atomic mass is 10.2. The molecule has 0 aromatic carbocycles. The van der Waals surface area contributed by atoms with E-state index in [-0.39, 0.29) is 18.0 Å². The van der Waals surface area contributed by atoms with E-state index in [1.807, 2.05) is 0 Å². The smallest absolute Gasteiger partial charge is 0.163 e. The first-order chi connectivity index (χ1) is 4.20. The third-order valence-electron chi connectivity index (χ3n) is 1.29. The SMILES string of the molecule is O=C1CC[S@](=O)C[C@@H]1O. The molecule has 52 valence electrons. The minimum Gasteiger partial charge on any atom is -0.384 e. The molecular weight excluding hydrogens is 140 g/mol. The topological polar surface area (TPSA) is 54.4 Å². The van der Waals surface area contributed by atoms with E-state index in [2.05, 4.69) is 0 Å². The summed E-state index contributed by atoms with van der Waals surface area (Å²) in [5, 5.41) is 8.81. The molecule has 1 saturated heterocycles. The Morgan fingerprint density at radius 1 is 1.67 bits per heavy atom. The molecule has 1 aliphatic rings. The minimum atomic E-state index is -0.962. The first kappa shape index (κ1) is 6.89. The van der Waals surface area contributed by atoms with Crippen molar-refractivity contribution in [1.82, 2.24) is 0 Å². The van der Waals surface area contributed by atoms with Gasteiger partial charge in [0.05, 0.1) is 5.75 Å². The lowest BCUT2D eigenvalue weighted by Gasteiger charge is -2.13. The Morgan fingerprint density at radius 3 is 2.78 bits per heavy atom. The number of carbonyl (C=O) groups excluding carboxylic acids is 1. The Bertz CT molecular complexity index is 154. The van der Waals surface area contributed by atoms with E-state index < -0.39 is 16.9 Å². The molecule has 1 aliphatic heterocycles. The van der Waals surface area contributed by atoms with Crippen LogP contribution < -0.4 is 0 Å². The number of ketones is 1. The molecule has 0 unspecified atom stereocenters. The highest BCUT2D eigenvalue weighted by Crippen LogP contribution is 2.03. The molecule has 0 saturated carbocycles. The standard InChI is InChI=1S/C5H8O3S/c6-4-1-2-9(8)3-5(4)7/h5,7H,1-3H2/t5-,9-/m0/s1. The maximum Gasteiger partial charge on any atom is 0.163 e. The van der Waals surface area contributed by atoms with Gasteiger partial charge in [0.15, 0.2) is 5.78 Å². The molecule has 0 radical (unpaired) electrons. The van der Waals surface area contributed by atoms with E-state index >= 15 is 0 Å². The molecule has 2 atom stereocenters. The zero-order chi connectivity index (χ0) is 6.85. The highest BCUT2D eigenvalue weighted by Gasteiger charge is 2.23. The summed E-state index contributed by atoms with van der Waals surface area (Å²) in [5.74, 6) is 0.393. The van der Waals surface area contributed by atoms with Crippen LogP contribution in [0.3, 0.4) is 0 Å². The van der Waals surface area contributed by atoms with E-state index in [0.717, 1.165) is 0 Å². The molecule has 1 fully saturated rings. The summed E-state index contributed by atoms with van der Waals surface area (Å²) in [6.07, 6.45) is -0.687. The lowest BCUT2D eigenvalue weighted by molar-refractivity contribution is -0.125. The van der Waals surface area contributed by atoms with Gasteiger partial charge in [-0.25, -0.2) is 0 Å². The molecule has 1 N–H and O–H groups in total. The summed E-state index contributed by atoms with van der Waals surface area (Å²) >= 11 is 0. The van der Waals surface area contributed by atoms with Gasteiger partial charge in [0.2, 0.25) is 0 Å². The molecule has 0 spiro atoms. The molecule has 4 heteroatoms. The number of rotatable bonds is 0. The van der Waals surface area contributed by atoms with Crippen LogP contribution in [0, 0.1) is 0 Å². The van der Waals surface area contributed by atoms with Crippen molar-refractivity contribution in [3.63, 3.8) is 0 Å². The summed E-state index contributed by atoms with van der Waals surface area (Å²) in [7, 11) is -0.962. The number of hydrogen-bond acceptors (Lipinski definition) is 3. The second-order valence-corrected chi connectivity index (χ2v) is 3.66. The fourth-order valence-electron chi connectivity index (χ4n) is 0.733. The van der Waals surface area contributed by atoms with E-state index in [9.17, 15) is 9.00 Å². The lowest BCUT2D eigenvalue weighted by Crippen LogP contribution is -2.33. The van der Waals surface area contributed by atoms with Crippen molar-refractivity contribution in [2.24, 2.45) is 0 Å². The summed E-state index contributed by atoms with van der Waals surface area (Å²) in [5.41, 5.74) is 0. The van der Waals surface area contributed by atoms with E-state index in [1.165, 1.54) is 0 Å². The maximum absolute atomic E-state index is 10.6. The van der Waals surface area contributed by atoms with Gasteiger partial charge in [-0.2, -0.15) is 0 Å². The summed E-state index contributed by atoms with van der Waals surface area (Å²) in [6.45, 7) is 0. The summed E-state index contributed by atoms with van der Waals surface area (Å²) in [6, 6.07) is 0. The van der Waals surface area contributed by atoms with Crippen LogP contribution in [-0.2, 0) is 15.6 Å². The average molecular weight is 148 g/mol. The normalized spacial score (nSPS) is 36.8. The zero-order valence-electron chi connectivity index (χ0n) is 4.87. The highest BCUT2D eigenvalue weighted by molar-refractivity contribution is 7.85. The van der Waals surface area contributed by atoms with E-state index in [4.69, 9.17) is 5.11 Å². The fraction of sp³-hybridized carbons (Fsp3) is 0.800. The fourth-order valence-corrected chi connectivity index (χ4v) is 1.87. The number of hydrogen-bond donors (Lipinski definition) is 1. The molecule has 1 heterocycles. The molecule has 9 heavy (non-hydrogen) atoms. The molecule has 0 aromatic rings. The van der Waals surface area contributed by atoms with Crippen LogP contribution in [0.25, 0.3) is 0 Å². The Balaban J connectivity index is 2.54. The minimum absolute atomic E-state index is 0.138. The van der Waals surface area contributed by atoms with Crippen LogP contribution in [0.4, 0.5) is 0 Å². The molecule has 0 aromatic heterocycles. The van der Waals surface area contributed by atoms with Crippen molar-refractivity contribution in [1.29, 1.82) is 0 Å². The van der Waals surface area contributed by atoms with Gasteiger partial charge in [0.1, 0.15) is 6.10 Å². The second kappa shape index (κ2) is 2.58. The highest BCUT2D eigenvalue weighted by atomic mass is 32.2. The number of Topliss-reactive ketones (excluding diaryl/α,β-unsaturated/α-hetero) is 1. The van der Waals surface area contributed by atoms with Crippen LogP contribution in [0.5, 0.6) is 0 Å². The Kier molecular flexibility index (Phi) is 1.97. The molecule has 3 nitrogen and oxygen atoms in total. The van der Waals surface area contributed by atoms with Crippen molar-refractivity contribution in [3.8, 4) is 0 Å². The van der Waals surface area contributed by atoms with Crippen molar-refractivity contribution >= 4 is 16.6 Å². The van der Waals surface area contributed by atoms with E-state index in [0.29, 0.717) is 5.75 Å². The largest absolute Gasteiger partial charge is 0.384 e. The van der Waals surface area contributed by atoms with Gasteiger partial charge >= 0.3 is 0 Å². The van der Waals surface area contributed by atoms with Crippen LogP contribution >= 0.6 is 0 Å². The number of aliphatic hydroxyl groups is 1. The first-order valence-corrected chi connectivity index (χ1v) is 4.24. The predicted octanol–water partition coefficient (Wildman–Crippen LogP) is -0.931. The molecule has 1 rings (SSSR count). The van der Waals surface area contributed by atoms with Crippen molar-refractivity contribution in [3.05, 3.63) is 0 Å². The van der Waals surface area contributed by atoms with Gasteiger partial charge in [0, 0.05) is 23.0 Å². The second-order valence-electron chi connectivity index (χ2n) is 2.04. The quantitative estimate of drug-likeness (QED) is 0.483. The predicted molar refractivity (Wildman–Crippen MR) is 33.5 cm³/mol. The summed E-state index contributed by atoms with van der Waals surface area (Å²) in [4.78, 5) is 10.6. The van der Waals surface area contributed by atoms with E-state index in [1.54, 1.807) is 0 Å². The van der Waals surface area contributed by atoms with Crippen molar-refractivity contribution < 1.29 is 14.1 Å². The number of carbonyl (C=O) groups is 1.